The van der Waals surface area contributed by atoms with E-state index in [1.54, 1.807) is 0 Å². The van der Waals surface area contributed by atoms with Gasteiger partial charge in [0.15, 0.2) is 0 Å². The number of hydrogen-bond acceptors (Lipinski definition) is 2. The molecule has 0 unspecified atom stereocenters. The molecule has 2 heteroatoms. The lowest BCUT2D eigenvalue weighted by Gasteiger charge is -2.39. The Balaban J connectivity index is 2.18. The van der Waals surface area contributed by atoms with Crippen molar-refractivity contribution in [2.24, 2.45) is 0 Å². The molecule has 13 heavy (non-hydrogen) atoms. The van der Waals surface area contributed by atoms with Crippen LogP contribution in [0.15, 0.2) is 12.2 Å². The summed E-state index contributed by atoms with van der Waals surface area (Å²) in [5, 5.41) is 9.92. The van der Waals surface area contributed by atoms with Gasteiger partial charge in [0.1, 0.15) is 5.60 Å². The molecule has 1 spiro atoms. The lowest BCUT2D eigenvalue weighted by molar-refractivity contribution is -0.145. The second-order valence-electron chi connectivity index (χ2n) is 4.76. The number of rotatable bonds is 0. The molecule has 1 aliphatic carbocycles. The predicted molar refractivity (Wildman–Crippen MR) is 51.5 cm³/mol. The smallest absolute Gasteiger partial charge is 0.113 e. The van der Waals surface area contributed by atoms with Crippen LogP contribution in [-0.4, -0.2) is 22.4 Å². The summed E-state index contributed by atoms with van der Waals surface area (Å²) in [6, 6.07) is 0. The van der Waals surface area contributed by atoms with Crippen molar-refractivity contribution in [3.05, 3.63) is 12.2 Å². The molecule has 0 aromatic heterocycles. The summed E-state index contributed by atoms with van der Waals surface area (Å²) in [4.78, 5) is 0. The van der Waals surface area contributed by atoms with Crippen LogP contribution in [0.4, 0.5) is 0 Å². The summed E-state index contributed by atoms with van der Waals surface area (Å²) in [7, 11) is 0. The highest BCUT2D eigenvalue weighted by Gasteiger charge is 2.45. The van der Waals surface area contributed by atoms with Gasteiger partial charge in [0, 0.05) is 0 Å². The first-order valence-electron chi connectivity index (χ1n) is 5.13. The van der Waals surface area contributed by atoms with E-state index in [2.05, 4.69) is 12.2 Å². The van der Waals surface area contributed by atoms with Crippen molar-refractivity contribution in [2.75, 3.05) is 0 Å². The molecule has 1 aliphatic heterocycles. The third kappa shape index (κ3) is 1.53. The van der Waals surface area contributed by atoms with Crippen molar-refractivity contribution in [3.8, 4) is 0 Å². The van der Waals surface area contributed by atoms with E-state index in [0.717, 1.165) is 25.7 Å². The largest absolute Gasteiger partial charge is 0.390 e. The topological polar surface area (TPSA) is 29.5 Å². The number of aliphatic hydroxyl groups excluding tert-OH is 1. The quantitative estimate of drug-likeness (QED) is 0.581. The Kier molecular flexibility index (Phi) is 2.00. The molecular formula is C11H18O2. The van der Waals surface area contributed by atoms with Gasteiger partial charge >= 0.3 is 0 Å². The van der Waals surface area contributed by atoms with E-state index in [1.807, 2.05) is 13.8 Å². The van der Waals surface area contributed by atoms with Gasteiger partial charge in [-0.2, -0.15) is 0 Å². The van der Waals surface area contributed by atoms with Gasteiger partial charge in [-0.25, -0.2) is 0 Å². The average molecular weight is 182 g/mol. The Hall–Kier alpha value is -0.340. The van der Waals surface area contributed by atoms with Crippen molar-refractivity contribution in [1.29, 1.82) is 0 Å². The van der Waals surface area contributed by atoms with Gasteiger partial charge in [-0.05, 0) is 26.7 Å². The highest BCUT2D eigenvalue weighted by Crippen LogP contribution is 2.41. The second kappa shape index (κ2) is 2.82. The Morgan fingerprint density at radius 1 is 1.31 bits per heavy atom. The Morgan fingerprint density at radius 3 is 2.62 bits per heavy atom. The van der Waals surface area contributed by atoms with Crippen LogP contribution in [-0.2, 0) is 4.74 Å². The van der Waals surface area contributed by atoms with Crippen LogP contribution in [0.1, 0.15) is 39.5 Å². The van der Waals surface area contributed by atoms with Gasteiger partial charge in [0.2, 0.25) is 0 Å². The highest BCUT2D eigenvalue weighted by atomic mass is 16.5. The molecule has 2 rings (SSSR count). The first-order valence-corrected chi connectivity index (χ1v) is 5.13. The summed E-state index contributed by atoms with van der Waals surface area (Å²) in [6.45, 7) is 4.08. The molecule has 0 aromatic rings. The van der Waals surface area contributed by atoms with Gasteiger partial charge in [-0.15, -0.1) is 0 Å². The van der Waals surface area contributed by atoms with Gasteiger partial charge in [0.25, 0.3) is 0 Å². The van der Waals surface area contributed by atoms with Crippen LogP contribution >= 0.6 is 0 Å². The van der Waals surface area contributed by atoms with Gasteiger partial charge in [-0.3, -0.25) is 0 Å². The summed E-state index contributed by atoms with van der Waals surface area (Å²) in [6.07, 6.45) is 7.96. The predicted octanol–water partition coefficient (Wildman–Crippen LogP) is 2.03. The van der Waals surface area contributed by atoms with Crippen molar-refractivity contribution < 1.29 is 9.84 Å². The highest BCUT2D eigenvalue weighted by molar-refractivity contribution is 5.19. The van der Waals surface area contributed by atoms with Gasteiger partial charge < -0.3 is 9.84 Å². The van der Waals surface area contributed by atoms with Crippen molar-refractivity contribution in [1.82, 2.24) is 0 Å². The first kappa shape index (κ1) is 9.22. The van der Waals surface area contributed by atoms with Crippen LogP contribution in [0.2, 0.25) is 0 Å². The van der Waals surface area contributed by atoms with Gasteiger partial charge in [-0.1, -0.05) is 25.0 Å². The third-order valence-electron chi connectivity index (χ3n) is 3.08. The molecule has 1 fully saturated rings. The first-order chi connectivity index (χ1) is 6.04. The monoisotopic (exact) mass is 182 g/mol. The van der Waals surface area contributed by atoms with Crippen LogP contribution in [0.3, 0.4) is 0 Å². The summed E-state index contributed by atoms with van der Waals surface area (Å²) < 4.78 is 5.93. The molecule has 2 aliphatic rings. The molecule has 2 atom stereocenters. The third-order valence-corrected chi connectivity index (χ3v) is 3.08. The number of hydrogen-bond donors (Lipinski definition) is 1. The van der Waals surface area contributed by atoms with Crippen LogP contribution in [0, 0.1) is 0 Å². The van der Waals surface area contributed by atoms with Crippen LogP contribution < -0.4 is 0 Å². The minimum Gasteiger partial charge on any atom is -0.390 e. The zero-order valence-corrected chi connectivity index (χ0v) is 8.42. The molecule has 1 saturated carbocycles. The maximum Gasteiger partial charge on any atom is 0.113 e. The van der Waals surface area contributed by atoms with E-state index in [0.29, 0.717) is 0 Å². The van der Waals surface area contributed by atoms with E-state index in [4.69, 9.17) is 4.74 Å². The molecule has 0 saturated heterocycles. The minimum atomic E-state index is -0.359. The molecule has 1 heterocycles. The molecule has 1 N–H and O–H groups in total. The van der Waals surface area contributed by atoms with Crippen molar-refractivity contribution >= 4 is 0 Å². The molecular weight excluding hydrogens is 164 g/mol. The maximum absolute atomic E-state index is 9.92. The Labute approximate surface area is 79.6 Å². The fourth-order valence-electron chi connectivity index (χ4n) is 2.36. The summed E-state index contributed by atoms with van der Waals surface area (Å²) >= 11 is 0. The molecule has 74 valence electrons. The summed E-state index contributed by atoms with van der Waals surface area (Å²) in [5.74, 6) is 0. The summed E-state index contributed by atoms with van der Waals surface area (Å²) in [5.41, 5.74) is -0.555. The standard InChI is InChI=1S/C11H18O2/c1-10(2)7-8-11(13-10)6-4-3-5-9(11)12/h7-9,12H,3-6H2,1-2H3/t9-,11+/m1/s1. The average Bonchev–Trinajstić information content (AvgIpc) is 2.35. The SMILES string of the molecule is CC1(C)C=C[C@]2(CCCC[C@H]2O)O1. The lowest BCUT2D eigenvalue weighted by atomic mass is 9.82. The van der Waals surface area contributed by atoms with Crippen LogP contribution in [0.5, 0.6) is 0 Å². The lowest BCUT2D eigenvalue weighted by Crippen LogP contribution is -2.46. The maximum atomic E-state index is 9.92. The van der Waals surface area contributed by atoms with E-state index < -0.39 is 0 Å². The van der Waals surface area contributed by atoms with Crippen molar-refractivity contribution in [3.63, 3.8) is 0 Å². The van der Waals surface area contributed by atoms with E-state index in [9.17, 15) is 5.11 Å². The van der Waals surface area contributed by atoms with Gasteiger partial charge in [0.05, 0.1) is 11.7 Å². The molecule has 0 aromatic carbocycles. The zero-order chi connectivity index (χ0) is 9.53. The Bertz CT molecular complexity index is 232. The van der Waals surface area contributed by atoms with E-state index >= 15 is 0 Å². The second-order valence-corrected chi connectivity index (χ2v) is 4.76. The number of ether oxygens (including phenoxy) is 1. The molecule has 0 amide bonds. The van der Waals surface area contributed by atoms with Crippen molar-refractivity contribution in [2.45, 2.75) is 56.8 Å². The van der Waals surface area contributed by atoms with E-state index in [-0.39, 0.29) is 17.3 Å². The normalized spacial score (nSPS) is 42.8. The zero-order valence-electron chi connectivity index (χ0n) is 8.42. The number of aliphatic hydroxyl groups is 1. The fraction of sp³-hybridized carbons (Fsp3) is 0.818. The molecule has 0 radical (unpaired) electrons. The minimum absolute atomic E-state index is 0.196. The Morgan fingerprint density at radius 2 is 2.08 bits per heavy atom. The molecule has 2 nitrogen and oxygen atoms in total. The molecule has 0 bridgehead atoms. The van der Waals surface area contributed by atoms with E-state index in [1.165, 1.54) is 0 Å². The van der Waals surface area contributed by atoms with Crippen LogP contribution in [0.25, 0.3) is 0 Å². The fourth-order valence-corrected chi connectivity index (χ4v) is 2.36.